The molecule has 11 heteroatoms. The highest BCUT2D eigenvalue weighted by Crippen LogP contribution is 2.36. The molecule has 1 amide bonds. The molecule has 184 valence electrons. The number of nitriles is 1. The van der Waals surface area contributed by atoms with E-state index in [4.69, 9.17) is 4.18 Å². The number of anilines is 1. The van der Waals surface area contributed by atoms with Crippen LogP contribution in [0.15, 0.2) is 80.1 Å². The number of ether oxygens (including phenoxy) is 1. The number of rotatable bonds is 7. The molecule has 0 aliphatic rings. The molecular weight excluding hydrogens is 616 g/mol. The van der Waals surface area contributed by atoms with Crippen molar-refractivity contribution in [2.75, 3.05) is 12.4 Å². The molecule has 0 bridgehead atoms. The Morgan fingerprint density at radius 3 is 2.25 bits per heavy atom. The maximum absolute atomic E-state index is 12.9. The zero-order valence-corrected chi connectivity index (χ0v) is 22.9. The summed E-state index contributed by atoms with van der Waals surface area (Å²) < 4.78 is 36.6. The van der Waals surface area contributed by atoms with Crippen molar-refractivity contribution in [2.24, 2.45) is 0 Å². The number of carbonyl (C=O) groups is 2. The lowest BCUT2D eigenvalue weighted by Crippen LogP contribution is -2.14. The fourth-order valence-corrected chi connectivity index (χ4v) is 5.37. The van der Waals surface area contributed by atoms with Crippen LogP contribution in [-0.2, 0) is 19.6 Å². The molecular formula is C25H18Br2N2O6S. The maximum atomic E-state index is 12.9. The third kappa shape index (κ3) is 6.60. The SMILES string of the molecule is COC(=O)c1ccc(NC(=O)/C(C#N)=C/c2cc(Br)cc(Br)c2OS(=O)(=O)c2ccc(C)cc2)cc1. The second-order valence-electron chi connectivity index (χ2n) is 7.35. The maximum Gasteiger partial charge on any atom is 0.339 e. The van der Waals surface area contributed by atoms with Crippen molar-refractivity contribution in [3.63, 3.8) is 0 Å². The number of halogens is 2. The molecule has 3 rings (SSSR count). The Hall–Kier alpha value is -3.46. The van der Waals surface area contributed by atoms with Gasteiger partial charge in [0.25, 0.3) is 5.91 Å². The number of hydrogen-bond donors (Lipinski definition) is 1. The predicted molar refractivity (Wildman–Crippen MR) is 141 cm³/mol. The molecule has 0 saturated carbocycles. The topological polar surface area (TPSA) is 123 Å². The van der Waals surface area contributed by atoms with Gasteiger partial charge in [0.15, 0.2) is 5.75 Å². The Morgan fingerprint density at radius 2 is 1.67 bits per heavy atom. The van der Waals surface area contributed by atoms with Gasteiger partial charge < -0.3 is 14.2 Å². The Labute approximate surface area is 224 Å². The molecule has 0 heterocycles. The first-order valence-corrected chi connectivity index (χ1v) is 13.1. The number of nitrogens with one attached hydrogen (secondary N) is 1. The number of methoxy groups -OCH3 is 1. The lowest BCUT2D eigenvalue weighted by molar-refractivity contribution is -0.112. The van der Waals surface area contributed by atoms with Gasteiger partial charge >= 0.3 is 16.1 Å². The Bertz CT molecular complexity index is 1490. The minimum absolute atomic E-state index is 0.0495. The van der Waals surface area contributed by atoms with E-state index in [0.29, 0.717) is 15.7 Å². The van der Waals surface area contributed by atoms with Crippen LogP contribution in [0.5, 0.6) is 5.75 Å². The van der Waals surface area contributed by atoms with Crippen LogP contribution >= 0.6 is 31.9 Å². The smallest absolute Gasteiger partial charge is 0.339 e. The van der Waals surface area contributed by atoms with E-state index in [-0.39, 0.29) is 26.3 Å². The van der Waals surface area contributed by atoms with Crippen LogP contribution in [0, 0.1) is 18.3 Å². The van der Waals surface area contributed by atoms with Gasteiger partial charge in [0.05, 0.1) is 17.1 Å². The molecule has 0 spiro atoms. The summed E-state index contributed by atoms with van der Waals surface area (Å²) in [4.78, 5) is 24.3. The molecule has 8 nitrogen and oxygen atoms in total. The van der Waals surface area contributed by atoms with Crippen molar-refractivity contribution in [3.8, 4) is 11.8 Å². The van der Waals surface area contributed by atoms with E-state index in [1.54, 1.807) is 18.2 Å². The third-order valence-electron chi connectivity index (χ3n) is 4.77. The predicted octanol–water partition coefficient (Wildman–Crippen LogP) is 5.62. The van der Waals surface area contributed by atoms with E-state index in [2.05, 4.69) is 41.9 Å². The van der Waals surface area contributed by atoms with Crippen LogP contribution in [0.2, 0.25) is 0 Å². The average Bonchev–Trinajstić information content (AvgIpc) is 2.84. The van der Waals surface area contributed by atoms with Crippen LogP contribution in [0.3, 0.4) is 0 Å². The molecule has 1 N–H and O–H groups in total. The number of esters is 1. The number of benzene rings is 3. The van der Waals surface area contributed by atoms with E-state index < -0.39 is 22.0 Å². The largest absolute Gasteiger partial charge is 0.465 e. The second kappa shape index (κ2) is 11.5. The molecule has 0 aliphatic heterocycles. The minimum atomic E-state index is -4.21. The Balaban J connectivity index is 1.94. The fourth-order valence-electron chi connectivity index (χ4n) is 2.95. The first-order valence-electron chi connectivity index (χ1n) is 10.2. The Morgan fingerprint density at radius 1 is 1.03 bits per heavy atom. The summed E-state index contributed by atoms with van der Waals surface area (Å²) in [6.07, 6.45) is 1.22. The first kappa shape index (κ1) is 27.1. The zero-order valence-electron chi connectivity index (χ0n) is 18.9. The van der Waals surface area contributed by atoms with Gasteiger partial charge in [0, 0.05) is 15.7 Å². The molecule has 0 radical (unpaired) electrons. The summed E-state index contributed by atoms with van der Waals surface area (Å²) in [6.45, 7) is 1.83. The highest BCUT2D eigenvalue weighted by molar-refractivity contribution is 9.11. The van der Waals surface area contributed by atoms with Crippen LogP contribution in [0.25, 0.3) is 6.08 Å². The summed E-state index contributed by atoms with van der Waals surface area (Å²) in [5, 5.41) is 12.2. The van der Waals surface area contributed by atoms with Crippen molar-refractivity contribution in [2.45, 2.75) is 11.8 Å². The summed E-state index contributed by atoms with van der Waals surface area (Å²) in [7, 11) is -2.95. The highest BCUT2D eigenvalue weighted by Gasteiger charge is 2.22. The zero-order chi connectivity index (χ0) is 26.5. The quantitative estimate of drug-likeness (QED) is 0.155. The second-order valence-corrected chi connectivity index (χ2v) is 10.7. The summed E-state index contributed by atoms with van der Waals surface area (Å²) in [5.74, 6) is -1.37. The van der Waals surface area contributed by atoms with Gasteiger partial charge in [-0.05, 0) is 77.5 Å². The monoisotopic (exact) mass is 632 g/mol. The first-order chi connectivity index (χ1) is 17.0. The molecule has 0 aromatic heterocycles. The van der Waals surface area contributed by atoms with Crippen LogP contribution < -0.4 is 9.50 Å². The molecule has 0 unspecified atom stereocenters. The summed E-state index contributed by atoms with van der Waals surface area (Å²) >= 11 is 6.61. The number of nitrogens with zero attached hydrogens (tertiary/aromatic N) is 1. The number of carbonyl (C=O) groups excluding carboxylic acids is 2. The van der Waals surface area contributed by atoms with Crippen LogP contribution in [0.1, 0.15) is 21.5 Å². The lowest BCUT2D eigenvalue weighted by Gasteiger charge is -2.13. The van der Waals surface area contributed by atoms with E-state index >= 15 is 0 Å². The number of hydrogen-bond acceptors (Lipinski definition) is 7. The summed E-state index contributed by atoms with van der Waals surface area (Å²) in [5.41, 5.74) is 1.37. The van der Waals surface area contributed by atoms with E-state index in [1.807, 2.05) is 13.0 Å². The average molecular weight is 634 g/mol. The molecule has 0 fully saturated rings. The van der Waals surface area contributed by atoms with Crippen LogP contribution in [-0.4, -0.2) is 27.4 Å². The minimum Gasteiger partial charge on any atom is -0.465 e. The number of amides is 1. The van der Waals surface area contributed by atoms with Gasteiger partial charge in [-0.3, -0.25) is 4.79 Å². The van der Waals surface area contributed by atoms with Crippen molar-refractivity contribution in [3.05, 3.63) is 91.9 Å². The van der Waals surface area contributed by atoms with Crippen molar-refractivity contribution in [1.82, 2.24) is 0 Å². The molecule has 0 saturated heterocycles. The molecule has 36 heavy (non-hydrogen) atoms. The highest BCUT2D eigenvalue weighted by atomic mass is 79.9. The van der Waals surface area contributed by atoms with Gasteiger partial charge in [0.2, 0.25) is 0 Å². The van der Waals surface area contributed by atoms with Crippen molar-refractivity contribution >= 4 is 65.6 Å². The third-order valence-corrected chi connectivity index (χ3v) is 7.05. The molecule has 3 aromatic rings. The van der Waals surface area contributed by atoms with Gasteiger partial charge in [0.1, 0.15) is 16.5 Å². The molecule has 0 atom stereocenters. The van der Waals surface area contributed by atoms with Gasteiger partial charge in [-0.25, -0.2) is 4.79 Å². The molecule has 3 aromatic carbocycles. The van der Waals surface area contributed by atoms with Gasteiger partial charge in [-0.15, -0.1) is 0 Å². The fraction of sp³-hybridized carbons (Fsp3) is 0.0800. The van der Waals surface area contributed by atoms with E-state index in [1.165, 1.54) is 55.7 Å². The summed E-state index contributed by atoms with van der Waals surface area (Å²) in [6, 6.07) is 16.9. The number of aryl methyl sites for hydroxylation is 1. The van der Waals surface area contributed by atoms with Gasteiger partial charge in [-0.2, -0.15) is 13.7 Å². The normalized spacial score (nSPS) is 11.4. The lowest BCUT2D eigenvalue weighted by atomic mass is 10.1. The van der Waals surface area contributed by atoms with Crippen molar-refractivity contribution in [1.29, 1.82) is 5.26 Å². The standard InChI is InChI=1S/C25H18Br2N2O6S/c1-15-3-9-21(10-4-15)36(32,33)35-23-17(12-19(26)13-22(23)27)11-18(14-28)24(30)29-20-7-5-16(6-8-20)25(31)34-2/h3-13H,1-2H3,(H,29,30)/b18-11+. The van der Waals surface area contributed by atoms with E-state index in [0.717, 1.165) is 5.56 Å². The van der Waals surface area contributed by atoms with Crippen molar-refractivity contribution < 1.29 is 26.9 Å². The van der Waals surface area contributed by atoms with Crippen LogP contribution in [0.4, 0.5) is 5.69 Å². The molecule has 0 aliphatic carbocycles. The van der Waals surface area contributed by atoms with E-state index in [9.17, 15) is 23.3 Å². The van der Waals surface area contributed by atoms with Gasteiger partial charge in [-0.1, -0.05) is 33.6 Å². The Kier molecular flexibility index (Phi) is 8.68.